The van der Waals surface area contributed by atoms with Crippen LogP contribution < -0.4 is 10.1 Å². The number of nitrogens with zero attached hydrogens (tertiary/aromatic N) is 1. The Kier molecular flexibility index (Phi) is 5.82. The van der Waals surface area contributed by atoms with E-state index >= 15 is 0 Å². The smallest absolute Gasteiger partial charge is 0.278 e. The zero-order chi connectivity index (χ0) is 22.8. The predicted octanol–water partition coefficient (Wildman–Crippen LogP) is 5.01. The van der Waals surface area contributed by atoms with Crippen molar-refractivity contribution >= 4 is 23.1 Å². The Bertz CT molecular complexity index is 1230. The molecule has 0 saturated carbocycles. The average Bonchev–Trinajstić information content (AvgIpc) is 3.02. The minimum Gasteiger partial charge on any atom is -0.496 e. The van der Waals surface area contributed by atoms with E-state index in [1.807, 2.05) is 87.5 Å². The lowest BCUT2D eigenvalue weighted by Gasteiger charge is -2.17. The van der Waals surface area contributed by atoms with E-state index in [1.165, 1.54) is 4.90 Å². The fourth-order valence-electron chi connectivity index (χ4n) is 3.79. The quantitative estimate of drug-likeness (QED) is 0.563. The maximum absolute atomic E-state index is 13.5. The third kappa shape index (κ3) is 4.02. The Morgan fingerprint density at radius 2 is 1.56 bits per heavy atom. The molecule has 0 saturated heterocycles. The summed E-state index contributed by atoms with van der Waals surface area (Å²) in [7, 11) is 1.58. The molecule has 4 rings (SSSR count). The van der Waals surface area contributed by atoms with E-state index in [0.29, 0.717) is 11.3 Å². The highest BCUT2D eigenvalue weighted by Gasteiger charge is 2.39. The van der Waals surface area contributed by atoms with Gasteiger partial charge in [0.15, 0.2) is 0 Å². The van der Waals surface area contributed by atoms with Crippen LogP contribution in [0.2, 0.25) is 0 Å². The van der Waals surface area contributed by atoms with Gasteiger partial charge in [0.1, 0.15) is 11.4 Å². The number of rotatable bonds is 6. The van der Waals surface area contributed by atoms with Crippen molar-refractivity contribution in [2.45, 2.75) is 27.3 Å². The van der Waals surface area contributed by atoms with E-state index in [9.17, 15) is 9.59 Å². The maximum Gasteiger partial charge on any atom is 0.278 e. The zero-order valence-electron chi connectivity index (χ0n) is 18.7. The predicted molar refractivity (Wildman–Crippen MR) is 126 cm³/mol. The number of benzene rings is 3. The van der Waals surface area contributed by atoms with E-state index in [-0.39, 0.29) is 24.1 Å². The van der Waals surface area contributed by atoms with E-state index < -0.39 is 0 Å². The lowest BCUT2D eigenvalue weighted by molar-refractivity contribution is -0.137. The van der Waals surface area contributed by atoms with Gasteiger partial charge in [-0.15, -0.1) is 0 Å². The van der Waals surface area contributed by atoms with Gasteiger partial charge in [0, 0.05) is 11.3 Å². The number of aryl methyl sites for hydroxylation is 3. The molecular formula is C27H26N2O3. The maximum atomic E-state index is 13.5. The normalized spacial score (nSPS) is 13.7. The molecule has 0 fully saturated rings. The van der Waals surface area contributed by atoms with Crippen molar-refractivity contribution in [1.82, 2.24) is 4.90 Å². The summed E-state index contributed by atoms with van der Waals surface area (Å²) in [6.07, 6.45) is 0. The molecule has 32 heavy (non-hydrogen) atoms. The molecule has 3 aromatic carbocycles. The van der Waals surface area contributed by atoms with Gasteiger partial charge >= 0.3 is 0 Å². The lowest BCUT2D eigenvalue weighted by atomic mass is 9.99. The molecule has 0 bridgehead atoms. The molecule has 5 nitrogen and oxygen atoms in total. The minimum atomic E-state index is -0.352. The molecule has 1 aliphatic heterocycles. The number of anilines is 1. The van der Waals surface area contributed by atoms with Crippen molar-refractivity contribution in [2.24, 2.45) is 0 Å². The summed E-state index contributed by atoms with van der Waals surface area (Å²) in [5.74, 6) is -0.0331. The van der Waals surface area contributed by atoms with Gasteiger partial charge in [-0.25, -0.2) is 0 Å². The lowest BCUT2D eigenvalue weighted by Crippen LogP contribution is -2.32. The molecule has 0 radical (unpaired) electrons. The van der Waals surface area contributed by atoms with E-state index in [4.69, 9.17) is 4.74 Å². The van der Waals surface area contributed by atoms with Gasteiger partial charge in [0.2, 0.25) is 0 Å². The van der Waals surface area contributed by atoms with Crippen molar-refractivity contribution < 1.29 is 14.3 Å². The fraction of sp³-hybridized carbons (Fsp3) is 0.185. The number of methoxy groups -OCH3 is 1. The molecule has 1 heterocycles. The van der Waals surface area contributed by atoms with Gasteiger partial charge in [-0.2, -0.15) is 0 Å². The van der Waals surface area contributed by atoms with Crippen LogP contribution in [0.3, 0.4) is 0 Å². The number of imide groups is 1. The topological polar surface area (TPSA) is 58.6 Å². The van der Waals surface area contributed by atoms with Crippen LogP contribution in [-0.4, -0.2) is 23.8 Å². The van der Waals surface area contributed by atoms with Crippen LogP contribution in [0, 0.1) is 20.8 Å². The molecule has 0 aromatic heterocycles. The highest BCUT2D eigenvalue weighted by atomic mass is 16.5. The van der Waals surface area contributed by atoms with Gasteiger partial charge in [0.25, 0.3) is 11.8 Å². The van der Waals surface area contributed by atoms with Crippen molar-refractivity contribution in [3.63, 3.8) is 0 Å². The van der Waals surface area contributed by atoms with Crippen molar-refractivity contribution in [1.29, 1.82) is 0 Å². The summed E-state index contributed by atoms with van der Waals surface area (Å²) < 4.78 is 5.42. The van der Waals surface area contributed by atoms with Gasteiger partial charge in [0.05, 0.1) is 19.2 Å². The van der Waals surface area contributed by atoms with E-state index in [0.717, 1.165) is 33.5 Å². The molecule has 3 aromatic rings. The summed E-state index contributed by atoms with van der Waals surface area (Å²) in [4.78, 5) is 28.3. The van der Waals surface area contributed by atoms with Gasteiger partial charge in [-0.1, -0.05) is 54.1 Å². The van der Waals surface area contributed by atoms with E-state index in [1.54, 1.807) is 7.11 Å². The molecule has 0 aliphatic carbocycles. The minimum absolute atomic E-state index is 0.134. The fourth-order valence-corrected chi connectivity index (χ4v) is 3.79. The molecular weight excluding hydrogens is 400 g/mol. The van der Waals surface area contributed by atoms with Crippen LogP contribution in [0.15, 0.2) is 72.4 Å². The summed E-state index contributed by atoms with van der Waals surface area (Å²) in [6.45, 7) is 6.16. The summed E-state index contributed by atoms with van der Waals surface area (Å²) in [5.41, 5.74) is 6.23. The highest BCUT2D eigenvalue weighted by molar-refractivity contribution is 6.36. The molecule has 162 valence electrons. The second-order valence-electron chi connectivity index (χ2n) is 8.05. The second-order valence-corrected chi connectivity index (χ2v) is 8.05. The van der Waals surface area contributed by atoms with Crippen molar-refractivity contribution in [2.75, 3.05) is 12.4 Å². The summed E-state index contributed by atoms with van der Waals surface area (Å²) >= 11 is 0. The monoisotopic (exact) mass is 426 g/mol. The molecule has 5 heteroatoms. The number of hydrogen-bond donors (Lipinski definition) is 1. The second kappa shape index (κ2) is 8.71. The van der Waals surface area contributed by atoms with Crippen LogP contribution in [0.1, 0.15) is 27.8 Å². The molecule has 0 unspecified atom stereocenters. The van der Waals surface area contributed by atoms with Crippen LogP contribution in [0.4, 0.5) is 5.69 Å². The summed E-state index contributed by atoms with van der Waals surface area (Å²) in [6, 6.07) is 21.0. The highest BCUT2D eigenvalue weighted by Crippen LogP contribution is 2.33. The Labute approximate surface area is 188 Å². The number of carbonyl (C=O) groups excluding carboxylic acids is 2. The van der Waals surface area contributed by atoms with Gasteiger partial charge < -0.3 is 10.1 Å². The molecule has 0 atom stereocenters. The zero-order valence-corrected chi connectivity index (χ0v) is 18.7. The first kappa shape index (κ1) is 21.4. The number of para-hydroxylation sites is 1. The van der Waals surface area contributed by atoms with Crippen molar-refractivity contribution in [3.8, 4) is 5.75 Å². The first-order chi connectivity index (χ1) is 15.4. The average molecular weight is 427 g/mol. The summed E-state index contributed by atoms with van der Waals surface area (Å²) in [5, 5.41) is 3.21. The number of amides is 2. The van der Waals surface area contributed by atoms with Gasteiger partial charge in [-0.05, 0) is 55.7 Å². The molecule has 0 spiro atoms. The number of nitrogens with one attached hydrogen (secondary N) is 1. The largest absolute Gasteiger partial charge is 0.496 e. The molecule has 1 aliphatic rings. The Hall–Kier alpha value is -3.86. The number of ether oxygens (including phenoxy) is 1. The first-order valence-corrected chi connectivity index (χ1v) is 10.5. The Balaban J connectivity index is 1.77. The van der Waals surface area contributed by atoms with Crippen LogP contribution in [0.5, 0.6) is 5.75 Å². The first-order valence-electron chi connectivity index (χ1n) is 10.5. The van der Waals surface area contributed by atoms with E-state index in [2.05, 4.69) is 5.32 Å². The van der Waals surface area contributed by atoms with Crippen LogP contribution >= 0.6 is 0 Å². The third-order valence-electron chi connectivity index (χ3n) is 5.81. The van der Waals surface area contributed by atoms with Crippen molar-refractivity contribution in [3.05, 3.63) is 100 Å². The van der Waals surface area contributed by atoms with Crippen LogP contribution in [-0.2, 0) is 16.1 Å². The molecule has 1 N–H and O–H groups in total. The number of hydrogen-bond acceptors (Lipinski definition) is 4. The van der Waals surface area contributed by atoms with Gasteiger partial charge in [-0.3, -0.25) is 14.5 Å². The number of carbonyl (C=O) groups is 2. The third-order valence-corrected chi connectivity index (χ3v) is 5.81. The standard InChI is InChI=1S/C27H26N2O3/c1-17-9-13-22(14-10-17)28-25-24(20-12-11-18(2)19(3)15-20)26(30)29(27(25)31)16-21-7-5-6-8-23(21)32-4/h5-15,28H,16H2,1-4H3. The van der Waals surface area contributed by atoms with Crippen LogP contribution in [0.25, 0.3) is 5.57 Å². The Morgan fingerprint density at radius 3 is 2.25 bits per heavy atom. The SMILES string of the molecule is COc1ccccc1CN1C(=O)C(Nc2ccc(C)cc2)=C(c2ccc(C)c(C)c2)C1=O. The Morgan fingerprint density at radius 1 is 0.844 bits per heavy atom. The molecule has 2 amide bonds.